The minimum atomic E-state index is -0.308. The van der Waals surface area contributed by atoms with E-state index in [4.69, 9.17) is 0 Å². The highest BCUT2D eigenvalue weighted by atomic mass is 19.1. The number of benzene rings is 1. The van der Waals surface area contributed by atoms with Gasteiger partial charge in [-0.3, -0.25) is 9.20 Å². The molecule has 0 bridgehead atoms. The maximum atomic E-state index is 13.5. The van der Waals surface area contributed by atoms with Crippen LogP contribution in [0.1, 0.15) is 17.1 Å². The summed E-state index contributed by atoms with van der Waals surface area (Å²) in [7, 11) is 0. The molecule has 7 heteroatoms. The van der Waals surface area contributed by atoms with Crippen LogP contribution in [0.25, 0.3) is 16.6 Å². The number of pyridine rings is 1. The predicted molar refractivity (Wildman–Crippen MR) is 96.4 cm³/mol. The van der Waals surface area contributed by atoms with Gasteiger partial charge >= 0.3 is 0 Å². The Bertz CT molecular complexity index is 1100. The number of fused-ring (bicyclic) bond motifs is 2. The monoisotopic (exact) mass is 351 g/mol. The van der Waals surface area contributed by atoms with Gasteiger partial charge in [0.2, 0.25) is 5.91 Å². The molecule has 0 aliphatic carbocycles. The largest absolute Gasteiger partial charge is 0.358 e. The lowest BCUT2D eigenvalue weighted by molar-refractivity contribution is -0.120. The molecule has 1 aromatic carbocycles. The molecular weight excluding hydrogens is 333 g/mol. The summed E-state index contributed by atoms with van der Waals surface area (Å²) in [5.74, 6) is 0.384. The molecular formula is C19H18FN5O. The predicted octanol–water partition coefficient (Wildman–Crippen LogP) is 2.56. The van der Waals surface area contributed by atoms with Crippen molar-refractivity contribution >= 4 is 22.5 Å². The zero-order valence-corrected chi connectivity index (χ0v) is 14.3. The number of aromatic amines is 1. The van der Waals surface area contributed by atoms with Gasteiger partial charge in [0.1, 0.15) is 11.6 Å². The highest BCUT2D eigenvalue weighted by Gasteiger charge is 2.13. The van der Waals surface area contributed by atoms with Crippen LogP contribution in [-0.2, 0) is 17.6 Å². The summed E-state index contributed by atoms with van der Waals surface area (Å²) in [6.07, 6.45) is 2.69. The Morgan fingerprint density at radius 3 is 3.04 bits per heavy atom. The van der Waals surface area contributed by atoms with E-state index in [0.29, 0.717) is 13.0 Å². The number of H-pyrrole nitrogens is 1. The lowest BCUT2D eigenvalue weighted by Gasteiger charge is -2.05. The number of nitrogens with zero attached hydrogens (tertiary/aromatic N) is 3. The second-order valence-electron chi connectivity index (χ2n) is 6.24. The maximum absolute atomic E-state index is 13.5. The number of aryl methyl sites for hydroxylation is 1. The summed E-state index contributed by atoms with van der Waals surface area (Å²) in [5, 5.41) is 11.9. The summed E-state index contributed by atoms with van der Waals surface area (Å²) >= 11 is 0. The molecule has 4 aromatic rings. The summed E-state index contributed by atoms with van der Waals surface area (Å²) in [5.41, 5.74) is 3.32. The molecule has 0 radical (unpaired) electrons. The fraction of sp³-hybridized carbons (Fsp3) is 0.211. The molecule has 3 aromatic heterocycles. The average Bonchev–Trinajstić information content (AvgIpc) is 3.17. The molecule has 0 aliphatic rings. The lowest BCUT2D eigenvalue weighted by Crippen LogP contribution is -2.27. The van der Waals surface area contributed by atoms with Gasteiger partial charge in [-0.1, -0.05) is 6.07 Å². The normalized spacial score (nSPS) is 11.3. The Morgan fingerprint density at radius 2 is 2.15 bits per heavy atom. The highest BCUT2D eigenvalue weighted by Crippen LogP contribution is 2.23. The van der Waals surface area contributed by atoms with Crippen molar-refractivity contribution < 1.29 is 9.18 Å². The van der Waals surface area contributed by atoms with Crippen LogP contribution in [0.3, 0.4) is 0 Å². The van der Waals surface area contributed by atoms with E-state index < -0.39 is 0 Å². The first kappa shape index (κ1) is 16.3. The standard InChI is InChI=1S/C19H18FN5O/c1-12-14(15-10-13(20)5-6-16(15)22-12)11-19(26)21-8-7-18-24-23-17-4-2-3-9-25(17)18/h2-6,9-10,22H,7-8,11H2,1H3,(H,21,26). The third-order valence-electron chi connectivity index (χ3n) is 4.47. The van der Waals surface area contributed by atoms with Gasteiger partial charge in [0.25, 0.3) is 0 Å². The van der Waals surface area contributed by atoms with Gasteiger partial charge in [-0.2, -0.15) is 0 Å². The van der Waals surface area contributed by atoms with Gasteiger partial charge in [-0.15, -0.1) is 10.2 Å². The van der Waals surface area contributed by atoms with Crippen molar-refractivity contribution in [1.82, 2.24) is 24.9 Å². The number of amides is 1. The van der Waals surface area contributed by atoms with Crippen LogP contribution in [0.4, 0.5) is 4.39 Å². The molecule has 2 N–H and O–H groups in total. The Balaban J connectivity index is 1.42. The molecule has 0 saturated carbocycles. The Labute approximate surface area is 149 Å². The van der Waals surface area contributed by atoms with Crippen LogP contribution in [0.5, 0.6) is 0 Å². The maximum Gasteiger partial charge on any atom is 0.224 e. The first-order chi connectivity index (χ1) is 12.6. The third kappa shape index (κ3) is 3.03. The van der Waals surface area contributed by atoms with Crippen molar-refractivity contribution in [2.45, 2.75) is 19.8 Å². The number of rotatable bonds is 5. The van der Waals surface area contributed by atoms with Gasteiger partial charge in [-0.05, 0) is 42.8 Å². The van der Waals surface area contributed by atoms with Crippen LogP contribution in [-0.4, -0.2) is 32.0 Å². The van der Waals surface area contributed by atoms with Crippen LogP contribution >= 0.6 is 0 Å². The van der Waals surface area contributed by atoms with E-state index in [1.165, 1.54) is 12.1 Å². The topological polar surface area (TPSA) is 75.1 Å². The number of halogens is 1. The van der Waals surface area contributed by atoms with E-state index in [9.17, 15) is 9.18 Å². The second-order valence-corrected chi connectivity index (χ2v) is 6.24. The molecule has 0 atom stereocenters. The molecule has 132 valence electrons. The van der Waals surface area contributed by atoms with Crippen LogP contribution in [0, 0.1) is 12.7 Å². The van der Waals surface area contributed by atoms with Crippen molar-refractivity contribution in [3.05, 3.63) is 65.5 Å². The zero-order chi connectivity index (χ0) is 18.1. The first-order valence-electron chi connectivity index (χ1n) is 8.44. The number of nitrogens with one attached hydrogen (secondary N) is 2. The number of aromatic nitrogens is 4. The van der Waals surface area contributed by atoms with E-state index >= 15 is 0 Å². The van der Waals surface area contributed by atoms with E-state index in [1.54, 1.807) is 6.07 Å². The molecule has 0 spiro atoms. The van der Waals surface area contributed by atoms with Crippen molar-refractivity contribution in [3.63, 3.8) is 0 Å². The minimum absolute atomic E-state index is 0.105. The Hall–Kier alpha value is -3.22. The molecule has 0 fully saturated rings. The molecule has 1 amide bonds. The fourth-order valence-corrected chi connectivity index (χ4v) is 3.18. The molecule has 6 nitrogen and oxygen atoms in total. The SMILES string of the molecule is Cc1[nH]c2ccc(F)cc2c1CC(=O)NCCc1nnc2ccccn12. The van der Waals surface area contributed by atoms with Crippen molar-refractivity contribution in [2.24, 2.45) is 0 Å². The van der Waals surface area contributed by atoms with Crippen LogP contribution in [0.15, 0.2) is 42.6 Å². The van der Waals surface area contributed by atoms with Crippen molar-refractivity contribution in [1.29, 1.82) is 0 Å². The lowest BCUT2D eigenvalue weighted by atomic mass is 10.1. The molecule has 4 rings (SSSR count). The number of carbonyl (C=O) groups is 1. The van der Waals surface area contributed by atoms with Crippen LogP contribution in [0.2, 0.25) is 0 Å². The highest BCUT2D eigenvalue weighted by molar-refractivity contribution is 5.90. The first-order valence-corrected chi connectivity index (χ1v) is 8.44. The van der Waals surface area contributed by atoms with E-state index in [0.717, 1.165) is 33.6 Å². The van der Waals surface area contributed by atoms with Crippen LogP contribution < -0.4 is 5.32 Å². The van der Waals surface area contributed by atoms with Crippen molar-refractivity contribution in [2.75, 3.05) is 6.54 Å². The molecule has 0 saturated heterocycles. The number of hydrogen-bond acceptors (Lipinski definition) is 3. The van der Waals surface area contributed by atoms with E-state index in [1.807, 2.05) is 35.7 Å². The zero-order valence-electron chi connectivity index (χ0n) is 14.3. The Morgan fingerprint density at radius 1 is 1.27 bits per heavy atom. The molecule has 26 heavy (non-hydrogen) atoms. The third-order valence-corrected chi connectivity index (χ3v) is 4.47. The summed E-state index contributed by atoms with van der Waals surface area (Å²) in [6.45, 7) is 2.35. The fourth-order valence-electron chi connectivity index (χ4n) is 3.18. The van der Waals surface area contributed by atoms with Gasteiger partial charge in [-0.25, -0.2) is 4.39 Å². The average molecular weight is 351 g/mol. The van der Waals surface area contributed by atoms with Gasteiger partial charge in [0.15, 0.2) is 5.65 Å². The minimum Gasteiger partial charge on any atom is -0.358 e. The smallest absolute Gasteiger partial charge is 0.224 e. The Kier molecular flexibility index (Phi) is 4.12. The van der Waals surface area contributed by atoms with Gasteiger partial charge in [0, 0.05) is 35.8 Å². The molecule has 0 unspecified atom stereocenters. The van der Waals surface area contributed by atoms with E-state index in [2.05, 4.69) is 20.5 Å². The summed E-state index contributed by atoms with van der Waals surface area (Å²) in [6, 6.07) is 10.3. The van der Waals surface area contributed by atoms with Gasteiger partial charge < -0.3 is 10.3 Å². The molecule has 0 aliphatic heterocycles. The van der Waals surface area contributed by atoms with Gasteiger partial charge in [0.05, 0.1) is 6.42 Å². The number of hydrogen-bond donors (Lipinski definition) is 2. The number of carbonyl (C=O) groups excluding carboxylic acids is 1. The molecule has 3 heterocycles. The quantitative estimate of drug-likeness (QED) is 0.580. The van der Waals surface area contributed by atoms with Crippen molar-refractivity contribution in [3.8, 4) is 0 Å². The van der Waals surface area contributed by atoms with E-state index in [-0.39, 0.29) is 18.1 Å². The summed E-state index contributed by atoms with van der Waals surface area (Å²) in [4.78, 5) is 15.5. The summed E-state index contributed by atoms with van der Waals surface area (Å²) < 4.78 is 15.4. The second kappa shape index (κ2) is 6.59.